The van der Waals surface area contributed by atoms with E-state index in [2.05, 4.69) is 20.8 Å². The predicted molar refractivity (Wildman–Crippen MR) is 130 cm³/mol. The van der Waals surface area contributed by atoms with E-state index in [1.807, 2.05) is 0 Å². The molecule has 3 nitrogen and oxygen atoms in total. The molecule has 0 aromatic heterocycles. The van der Waals surface area contributed by atoms with Crippen molar-refractivity contribution in [2.24, 2.45) is 5.92 Å². The standard InChI is InChI=1S/C27H54O3/c1-4-7-10-13-16-19-22-25(23-20-17-14-11-8-5-2)27(30,26(28)29)24-21-18-15-12-9-6-3/h25,30H,4-24H2,1-3H3,(H,28,29). The van der Waals surface area contributed by atoms with E-state index in [1.165, 1.54) is 83.5 Å². The summed E-state index contributed by atoms with van der Waals surface area (Å²) < 4.78 is 0. The number of carbonyl (C=O) groups is 1. The van der Waals surface area contributed by atoms with Crippen molar-refractivity contribution in [3.05, 3.63) is 0 Å². The Labute approximate surface area is 188 Å². The second kappa shape index (κ2) is 20.3. The Bertz CT molecular complexity index is 366. The maximum Gasteiger partial charge on any atom is 0.335 e. The Hall–Kier alpha value is -0.570. The van der Waals surface area contributed by atoms with E-state index in [9.17, 15) is 15.0 Å². The fourth-order valence-corrected chi connectivity index (χ4v) is 4.62. The molecule has 0 aromatic rings. The molecule has 0 fully saturated rings. The Balaban J connectivity index is 4.65. The van der Waals surface area contributed by atoms with E-state index in [-0.39, 0.29) is 5.92 Å². The van der Waals surface area contributed by atoms with Crippen molar-refractivity contribution in [2.45, 2.75) is 161 Å². The molecule has 0 aliphatic heterocycles. The third-order valence-electron chi connectivity index (χ3n) is 6.77. The molecule has 0 aromatic carbocycles. The lowest BCUT2D eigenvalue weighted by Gasteiger charge is -2.33. The molecule has 1 atom stereocenters. The average molecular weight is 427 g/mol. The Morgan fingerprint density at radius 2 is 0.933 bits per heavy atom. The molecule has 0 saturated heterocycles. The summed E-state index contributed by atoms with van der Waals surface area (Å²) in [6, 6.07) is 0. The quantitative estimate of drug-likeness (QED) is 0.161. The molecular weight excluding hydrogens is 372 g/mol. The Morgan fingerprint density at radius 1 is 0.600 bits per heavy atom. The molecule has 30 heavy (non-hydrogen) atoms. The van der Waals surface area contributed by atoms with E-state index < -0.39 is 11.6 Å². The second-order valence-electron chi connectivity index (χ2n) is 9.56. The molecule has 0 spiro atoms. The first-order valence-corrected chi connectivity index (χ1v) is 13.5. The van der Waals surface area contributed by atoms with E-state index in [1.54, 1.807) is 0 Å². The number of hydrogen-bond donors (Lipinski definition) is 2. The van der Waals surface area contributed by atoms with Crippen molar-refractivity contribution in [3.8, 4) is 0 Å². The highest BCUT2D eigenvalue weighted by Gasteiger charge is 2.42. The van der Waals surface area contributed by atoms with Gasteiger partial charge in [0.05, 0.1) is 0 Å². The minimum absolute atomic E-state index is 0.0945. The fraction of sp³-hybridized carbons (Fsp3) is 0.963. The van der Waals surface area contributed by atoms with Crippen LogP contribution in [0.2, 0.25) is 0 Å². The van der Waals surface area contributed by atoms with E-state index >= 15 is 0 Å². The van der Waals surface area contributed by atoms with E-state index in [0.29, 0.717) is 6.42 Å². The first kappa shape index (κ1) is 29.4. The van der Waals surface area contributed by atoms with Gasteiger partial charge in [-0.25, -0.2) is 4.79 Å². The van der Waals surface area contributed by atoms with E-state index in [4.69, 9.17) is 0 Å². The summed E-state index contributed by atoms with van der Waals surface area (Å²) in [6.07, 6.45) is 23.4. The van der Waals surface area contributed by atoms with Crippen molar-refractivity contribution >= 4 is 5.97 Å². The molecule has 0 bridgehead atoms. The molecule has 0 heterocycles. The second-order valence-corrected chi connectivity index (χ2v) is 9.56. The first-order chi connectivity index (χ1) is 14.5. The lowest BCUT2D eigenvalue weighted by molar-refractivity contribution is -0.167. The van der Waals surface area contributed by atoms with Gasteiger partial charge in [-0.15, -0.1) is 0 Å². The number of aliphatic carboxylic acids is 1. The van der Waals surface area contributed by atoms with Crippen LogP contribution in [0.25, 0.3) is 0 Å². The average Bonchev–Trinajstić information content (AvgIpc) is 2.73. The van der Waals surface area contributed by atoms with Gasteiger partial charge in [-0.2, -0.15) is 0 Å². The summed E-state index contributed by atoms with van der Waals surface area (Å²) in [5.41, 5.74) is -1.53. The van der Waals surface area contributed by atoms with Gasteiger partial charge in [0, 0.05) is 0 Å². The van der Waals surface area contributed by atoms with Crippen LogP contribution in [0.1, 0.15) is 156 Å². The van der Waals surface area contributed by atoms with Gasteiger partial charge in [0.1, 0.15) is 0 Å². The van der Waals surface area contributed by atoms with Gasteiger partial charge >= 0.3 is 5.97 Å². The van der Waals surface area contributed by atoms with Crippen LogP contribution in [0.4, 0.5) is 0 Å². The first-order valence-electron chi connectivity index (χ1n) is 13.5. The highest BCUT2D eigenvalue weighted by Crippen LogP contribution is 2.34. The van der Waals surface area contributed by atoms with Crippen LogP contribution < -0.4 is 0 Å². The zero-order valence-electron chi connectivity index (χ0n) is 20.7. The third-order valence-corrected chi connectivity index (χ3v) is 6.77. The van der Waals surface area contributed by atoms with Crippen LogP contribution >= 0.6 is 0 Å². The van der Waals surface area contributed by atoms with Gasteiger partial charge in [-0.1, -0.05) is 130 Å². The van der Waals surface area contributed by atoms with Gasteiger partial charge in [0.25, 0.3) is 0 Å². The lowest BCUT2D eigenvalue weighted by Crippen LogP contribution is -2.46. The van der Waals surface area contributed by atoms with Crippen LogP contribution in [-0.2, 0) is 4.79 Å². The number of rotatable bonds is 23. The van der Waals surface area contributed by atoms with Crippen molar-refractivity contribution in [3.63, 3.8) is 0 Å². The summed E-state index contributed by atoms with van der Waals surface area (Å²) in [7, 11) is 0. The van der Waals surface area contributed by atoms with Gasteiger partial charge in [-0.3, -0.25) is 0 Å². The predicted octanol–water partition coefficient (Wildman–Crippen LogP) is 8.67. The molecule has 1 unspecified atom stereocenters. The highest BCUT2D eigenvalue weighted by atomic mass is 16.4. The van der Waals surface area contributed by atoms with Crippen LogP contribution in [0.15, 0.2) is 0 Å². The number of hydrogen-bond acceptors (Lipinski definition) is 2. The molecular formula is C27H54O3. The molecule has 0 aliphatic rings. The summed E-state index contributed by atoms with van der Waals surface area (Å²) >= 11 is 0. The normalized spacial score (nSPS) is 13.6. The van der Waals surface area contributed by atoms with Crippen molar-refractivity contribution in [1.29, 1.82) is 0 Å². The molecule has 0 aliphatic carbocycles. The molecule has 0 rings (SSSR count). The molecule has 0 saturated carbocycles. The number of unbranched alkanes of at least 4 members (excludes halogenated alkanes) is 15. The molecule has 3 heteroatoms. The van der Waals surface area contributed by atoms with Gasteiger partial charge in [-0.05, 0) is 31.6 Å². The number of aliphatic hydroxyl groups is 1. The van der Waals surface area contributed by atoms with Crippen molar-refractivity contribution in [2.75, 3.05) is 0 Å². The zero-order valence-corrected chi connectivity index (χ0v) is 20.7. The fourth-order valence-electron chi connectivity index (χ4n) is 4.62. The Kier molecular flexibility index (Phi) is 20.0. The molecule has 0 amide bonds. The van der Waals surface area contributed by atoms with Crippen LogP contribution in [-0.4, -0.2) is 21.8 Å². The number of carboxylic acid groups (broad SMARTS) is 1. The monoisotopic (exact) mass is 426 g/mol. The molecule has 2 N–H and O–H groups in total. The minimum Gasteiger partial charge on any atom is -0.479 e. The maximum absolute atomic E-state index is 12.1. The van der Waals surface area contributed by atoms with Gasteiger partial charge in [0.15, 0.2) is 5.60 Å². The smallest absolute Gasteiger partial charge is 0.335 e. The summed E-state index contributed by atoms with van der Waals surface area (Å²) in [5.74, 6) is -1.08. The maximum atomic E-state index is 12.1. The molecule has 0 radical (unpaired) electrons. The highest BCUT2D eigenvalue weighted by molar-refractivity contribution is 5.77. The van der Waals surface area contributed by atoms with Crippen LogP contribution in [0.3, 0.4) is 0 Å². The lowest BCUT2D eigenvalue weighted by atomic mass is 9.77. The Morgan fingerprint density at radius 3 is 1.30 bits per heavy atom. The third kappa shape index (κ3) is 14.4. The zero-order chi connectivity index (χ0) is 22.5. The number of carboxylic acids is 1. The van der Waals surface area contributed by atoms with Crippen molar-refractivity contribution < 1.29 is 15.0 Å². The summed E-state index contributed by atoms with van der Waals surface area (Å²) in [6.45, 7) is 6.66. The van der Waals surface area contributed by atoms with Gasteiger partial charge in [0.2, 0.25) is 0 Å². The van der Waals surface area contributed by atoms with Crippen LogP contribution in [0.5, 0.6) is 0 Å². The SMILES string of the molecule is CCCCCCCCC(CCCCCCCC)C(O)(CCCCCCCC)C(=O)O. The topological polar surface area (TPSA) is 57.5 Å². The van der Waals surface area contributed by atoms with Gasteiger partial charge < -0.3 is 10.2 Å². The molecule has 180 valence electrons. The largest absolute Gasteiger partial charge is 0.479 e. The summed E-state index contributed by atoms with van der Waals surface area (Å²) in [4.78, 5) is 12.1. The minimum atomic E-state index is -1.53. The van der Waals surface area contributed by atoms with Crippen molar-refractivity contribution in [1.82, 2.24) is 0 Å². The summed E-state index contributed by atoms with van der Waals surface area (Å²) in [5, 5.41) is 21.2. The van der Waals surface area contributed by atoms with E-state index in [0.717, 1.165) is 44.9 Å². The van der Waals surface area contributed by atoms with Crippen LogP contribution in [0, 0.1) is 5.92 Å².